The zero-order chi connectivity index (χ0) is 25.6. The number of benzene rings is 4. The summed E-state index contributed by atoms with van der Waals surface area (Å²) in [6.45, 7) is 3.85. The van der Waals surface area contributed by atoms with Gasteiger partial charge in [0.25, 0.3) is 0 Å². The predicted molar refractivity (Wildman–Crippen MR) is 160 cm³/mol. The summed E-state index contributed by atoms with van der Waals surface area (Å²) in [5.41, 5.74) is 6.90. The highest BCUT2D eigenvalue weighted by molar-refractivity contribution is 5.95. The summed E-state index contributed by atoms with van der Waals surface area (Å²) in [6, 6.07) is 34.1. The maximum atomic E-state index is 4.84. The van der Waals surface area contributed by atoms with Gasteiger partial charge in [-0.1, -0.05) is 73.5 Å². The van der Waals surface area contributed by atoms with Crippen LogP contribution in [0.2, 0.25) is 0 Å². The van der Waals surface area contributed by atoms with Crippen molar-refractivity contribution in [1.29, 1.82) is 0 Å². The molecule has 4 aromatic carbocycles. The maximum absolute atomic E-state index is 4.84. The van der Waals surface area contributed by atoms with E-state index in [-0.39, 0.29) is 0 Å². The van der Waals surface area contributed by atoms with Crippen LogP contribution in [-0.2, 0) is 13.1 Å². The summed E-state index contributed by atoms with van der Waals surface area (Å²) in [5.74, 6) is 0. The topological polar surface area (TPSA) is 49.8 Å². The number of hydrogen-bond donors (Lipinski definition) is 2. The fourth-order valence-electron chi connectivity index (χ4n) is 5.33. The second-order valence-corrected chi connectivity index (χ2v) is 10.1. The van der Waals surface area contributed by atoms with E-state index in [0.29, 0.717) is 0 Å². The largest absolute Gasteiger partial charge is 0.313 e. The molecule has 0 fully saturated rings. The van der Waals surface area contributed by atoms with Crippen LogP contribution in [0.5, 0.6) is 0 Å². The third kappa shape index (κ3) is 5.52. The van der Waals surface area contributed by atoms with Gasteiger partial charge in [0.05, 0.1) is 22.1 Å². The van der Waals surface area contributed by atoms with Gasteiger partial charge < -0.3 is 10.6 Å². The van der Waals surface area contributed by atoms with Crippen LogP contribution in [0, 0.1) is 0 Å². The molecule has 2 aromatic heterocycles. The Bertz CT molecular complexity index is 1560. The molecule has 2 N–H and O–H groups in total. The number of nitrogens with one attached hydrogen (secondary N) is 2. The van der Waals surface area contributed by atoms with Gasteiger partial charge in [-0.2, -0.15) is 0 Å². The van der Waals surface area contributed by atoms with E-state index in [1.807, 2.05) is 12.1 Å². The highest BCUT2D eigenvalue weighted by Gasteiger charge is 2.06. The van der Waals surface area contributed by atoms with Crippen LogP contribution in [0.3, 0.4) is 0 Å². The van der Waals surface area contributed by atoms with Gasteiger partial charge >= 0.3 is 0 Å². The van der Waals surface area contributed by atoms with Crippen molar-refractivity contribution in [2.75, 3.05) is 13.1 Å². The molecule has 0 aliphatic carbocycles. The molecule has 190 valence electrons. The summed E-state index contributed by atoms with van der Waals surface area (Å²) >= 11 is 0. The zero-order valence-electron chi connectivity index (χ0n) is 21.8. The van der Waals surface area contributed by atoms with Gasteiger partial charge in [-0.3, -0.25) is 0 Å². The van der Waals surface area contributed by atoms with E-state index in [4.69, 9.17) is 9.97 Å². The van der Waals surface area contributed by atoms with Crippen LogP contribution in [-0.4, -0.2) is 23.1 Å². The molecule has 0 bridgehead atoms. The first kappa shape index (κ1) is 24.5. The van der Waals surface area contributed by atoms with Crippen LogP contribution in [0.4, 0.5) is 0 Å². The third-order valence-electron chi connectivity index (χ3n) is 7.39. The molecule has 4 heteroatoms. The molecule has 0 atom stereocenters. The summed E-state index contributed by atoms with van der Waals surface area (Å²) < 4.78 is 0. The lowest BCUT2D eigenvalue weighted by atomic mass is 10.1. The van der Waals surface area contributed by atoms with Crippen molar-refractivity contribution < 1.29 is 0 Å². The minimum absolute atomic E-state index is 0.883. The lowest BCUT2D eigenvalue weighted by Crippen LogP contribution is -2.16. The Morgan fingerprint density at radius 3 is 1.39 bits per heavy atom. The molecular formula is C34H34N4. The first-order chi connectivity index (χ1) is 18.8. The second-order valence-electron chi connectivity index (χ2n) is 10.1. The average molecular weight is 499 g/mol. The van der Waals surface area contributed by atoms with Crippen molar-refractivity contribution in [1.82, 2.24) is 20.6 Å². The number of pyridine rings is 2. The Morgan fingerprint density at radius 1 is 0.447 bits per heavy atom. The van der Waals surface area contributed by atoms with E-state index in [1.165, 1.54) is 58.4 Å². The Labute approximate surface area is 224 Å². The lowest BCUT2D eigenvalue weighted by Gasteiger charge is -2.10. The van der Waals surface area contributed by atoms with Crippen LogP contribution in [0.25, 0.3) is 43.6 Å². The van der Waals surface area contributed by atoms with Crippen molar-refractivity contribution in [3.8, 4) is 0 Å². The average Bonchev–Trinajstić information content (AvgIpc) is 2.96. The molecule has 0 aliphatic rings. The SMILES string of the molecule is c1ccc2nc3cccc(CNCCCCCCNCc4cccc5nc6ccccc6cc45)c3cc2c1. The highest BCUT2D eigenvalue weighted by Crippen LogP contribution is 2.24. The first-order valence-electron chi connectivity index (χ1n) is 13.8. The van der Waals surface area contributed by atoms with Crippen molar-refractivity contribution in [3.63, 3.8) is 0 Å². The number of aromatic nitrogens is 2. The third-order valence-corrected chi connectivity index (χ3v) is 7.39. The van der Waals surface area contributed by atoms with Gasteiger partial charge in [-0.25, -0.2) is 9.97 Å². The van der Waals surface area contributed by atoms with Crippen LogP contribution >= 0.6 is 0 Å². The molecule has 0 unspecified atom stereocenters. The first-order valence-corrected chi connectivity index (χ1v) is 13.8. The minimum Gasteiger partial charge on any atom is -0.313 e. The number of rotatable bonds is 11. The standard InChI is InChI=1S/C34H34N4/c1(7-19-35-23-27-13-9-17-33-29(27)21-25-11-3-5-15-31(25)37-33)2-8-20-36-24-28-14-10-18-34-30(28)22-26-12-4-6-16-32(26)38-34/h3-6,9-18,21-22,35-36H,1-2,7-8,19-20,23-24H2. The van der Waals surface area contributed by atoms with Gasteiger partial charge in [0.15, 0.2) is 0 Å². The predicted octanol–water partition coefficient (Wildman–Crippen LogP) is 7.53. The number of hydrogen-bond acceptors (Lipinski definition) is 4. The van der Waals surface area contributed by atoms with Gasteiger partial charge in [0, 0.05) is 34.6 Å². The molecule has 4 nitrogen and oxygen atoms in total. The van der Waals surface area contributed by atoms with Crippen LogP contribution in [0.15, 0.2) is 97.1 Å². The van der Waals surface area contributed by atoms with Crippen LogP contribution < -0.4 is 10.6 Å². The number of para-hydroxylation sites is 2. The molecule has 0 aliphatic heterocycles. The summed E-state index contributed by atoms with van der Waals surface area (Å²) in [6.07, 6.45) is 4.91. The monoisotopic (exact) mass is 498 g/mol. The normalized spacial score (nSPS) is 11.7. The summed E-state index contributed by atoms with van der Waals surface area (Å²) in [4.78, 5) is 9.68. The van der Waals surface area contributed by atoms with Crippen molar-refractivity contribution in [3.05, 3.63) is 108 Å². The van der Waals surface area contributed by atoms with Gasteiger partial charge in [-0.05, 0) is 73.5 Å². The molecule has 2 heterocycles. The Kier molecular flexibility index (Phi) is 7.52. The summed E-state index contributed by atoms with van der Waals surface area (Å²) in [7, 11) is 0. The molecule has 0 amide bonds. The Hall–Kier alpha value is -3.86. The van der Waals surface area contributed by atoms with Gasteiger partial charge in [0.2, 0.25) is 0 Å². The maximum Gasteiger partial charge on any atom is 0.0712 e. The molecule has 0 spiro atoms. The molecular weight excluding hydrogens is 464 g/mol. The number of fused-ring (bicyclic) bond motifs is 4. The van der Waals surface area contributed by atoms with Crippen molar-refractivity contribution >= 4 is 43.6 Å². The van der Waals surface area contributed by atoms with E-state index in [1.54, 1.807) is 0 Å². The molecule has 6 aromatic rings. The molecule has 6 rings (SSSR count). The van der Waals surface area contributed by atoms with E-state index >= 15 is 0 Å². The number of nitrogens with zero attached hydrogens (tertiary/aromatic N) is 2. The minimum atomic E-state index is 0.883. The molecule has 0 saturated heterocycles. The number of unbranched alkanes of at least 4 members (excludes halogenated alkanes) is 3. The summed E-state index contributed by atoms with van der Waals surface area (Å²) in [5, 5.41) is 12.2. The van der Waals surface area contributed by atoms with E-state index in [2.05, 4.69) is 95.6 Å². The van der Waals surface area contributed by atoms with Crippen LogP contribution in [0.1, 0.15) is 36.8 Å². The van der Waals surface area contributed by atoms with Gasteiger partial charge in [0.1, 0.15) is 0 Å². The molecule has 0 radical (unpaired) electrons. The van der Waals surface area contributed by atoms with Gasteiger partial charge in [-0.15, -0.1) is 0 Å². The fourth-order valence-corrected chi connectivity index (χ4v) is 5.33. The Morgan fingerprint density at radius 2 is 0.895 bits per heavy atom. The zero-order valence-corrected chi connectivity index (χ0v) is 21.8. The quantitative estimate of drug-likeness (QED) is 0.143. The highest BCUT2D eigenvalue weighted by atomic mass is 14.9. The van der Waals surface area contributed by atoms with E-state index < -0.39 is 0 Å². The molecule has 38 heavy (non-hydrogen) atoms. The van der Waals surface area contributed by atoms with E-state index in [9.17, 15) is 0 Å². The smallest absolute Gasteiger partial charge is 0.0712 e. The van der Waals surface area contributed by atoms with Crippen molar-refractivity contribution in [2.24, 2.45) is 0 Å². The second kappa shape index (κ2) is 11.7. The Balaban J connectivity index is 0.920. The van der Waals surface area contributed by atoms with Crippen molar-refractivity contribution in [2.45, 2.75) is 38.8 Å². The lowest BCUT2D eigenvalue weighted by molar-refractivity contribution is 0.564. The fraction of sp³-hybridized carbons (Fsp3) is 0.235. The molecule has 0 saturated carbocycles. The van der Waals surface area contributed by atoms with E-state index in [0.717, 1.165) is 48.2 Å².